The highest BCUT2D eigenvalue weighted by molar-refractivity contribution is 5.91. The summed E-state index contributed by atoms with van der Waals surface area (Å²) in [6.45, 7) is 5.36. The molecule has 1 rings (SSSR count). The lowest BCUT2D eigenvalue weighted by atomic mass is 10.1. The van der Waals surface area contributed by atoms with Crippen molar-refractivity contribution in [2.24, 2.45) is 0 Å². The molecule has 0 unspecified atom stereocenters. The molecular formula is C11H13NO2. The second-order valence-electron chi connectivity index (χ2n) is 3.32. The van der Waals surface area contributed by atoms with Crippen LogP contribution in [0.1, 0.15) is 23.9 Å². The Morgan fingerprint density at radius 3 is 2.29 bits per heavy atom. The number of aliphatic carboxylic acids is 1. The minimum Gasteiger partial charge on any atom is -0.478 e. The van der Waals surface area contributed by atoms with Gasteiger partial charge in [0.25, 0.3) is 0 Å². The molecule has 0 aliphatic rings. The van der Waals surface area contributed by atoms with Gasteiger partial charge in [0.05, 0.1) is 0 Å². The lowest BCUT2D eigenvalue weighted by Crippen LogP contribution is -1.96. The first-order valence-electron chi connectivity index (χ1n) is 4.36. The van der Waals surface area contributed by atoms with E-state index >= 15 is 0 Å². The molecule has 0 aromatic carbocycles. The van der Waals surface area contributed by atoms with Crippen LogP contribution < -0.4 is 0 Å². The predicted octanol–water partition coefficient (Wildman–Crippen LogP) is 2.19. The molecular weight excluding hydrogens is 178 g/mol. The number of hydrogen-bond acceptors (Lipinski definition) is 2. The number of carbonyl (C=O) groups is 1. The highest BCUT2D eigenvalue weighted by atomic mass is 16.4. The van der Waals surface area contributed by atoms with Gasteiger partial charge in [0.1, 0.15) is 0 Å². The normalized spacial score (nSPS) is 11.5. The Morgan fingerprint density at radius 1 is 1.36 bits per heavy atom. The van der Waals surface area contributed by atoms with Crippen molar-refractivity contribution in [3.05, 3.63) is 34.7 Å². The summed E-state index contributed by atoms with van der Waals surface area (Å²) in [6.07, 6.45) is 1.64. The number of rotatable bonds is 2. The van der Waals surface area contributed by atoms with Crippen molar-refractivity contribution >= 4 is 12.0 Å². The monoisotopic (exact) mass is 191 g/mol. The zero-order valence-corrected chi connectivity index (χ0v) is 8.53. The highest BCUT2D eigenvalue weighted by Gasteiger charge is 2.00. The summed E-state index contributed by atoms with van der Waals surface area (Å²) >= 11 is 0. The van der Waals surface area contributed by atoms with E-state index in [1.165, 1.54) is 0 Å². The highest BCUT2D eigenvalue weighted by Crippen LogP contribution is 2.09. The smallest absolute Gasteiger partial charge is 0.331 e. The van der Waals surface area contributed by atoms with Crippen molar-refractivity contribution in [2.75, 3.05) is 0 Å². The summed E-state index contributed by atoms with van der Waals surface area (Å²) in [5, 5.41) is 8.70. The van der Waals surface area contributed by atoms with Crippen molar-refractivity contribution in [1.82, 2.24) is 4.98 Å². The van der Waals surface area contributed by atoms with Gasteiger partial charge in [-0.1, -0.05) is 0 Å². The van der Waals surface area contributed by atoms with Gasteiger partial charge < -0.3 is 5.11 Å². The Kier molecular flexibility index (Phi) is 3.02. The van der Waals surface area contributed by atoms with Crippen LogP contribution in [0.5, 0.6) is 0 Å². The van der Waals surface area contributed by atoms with E-state index in [1.807, 2.05) is 26.0 Å². The molecule has 0 saturated heterocycles. The minimum absolute atomic E-state index is 0.329. The fourth-order valence-corrected chi connectivity index (χ4v) is 1.26. The second-order valence-corrected chi connectivity index (χ2v) is 3.32. The lowest BCUT2D eigenvalue weighted by molar-refractivity contribution is -0.132. The lowest BCUT2D eigenvalue weighted by Gasteiger charge is -2.00. The van der Waals surface area contributed by atoms with Crippen molar-refractivity contribution < 1.29 is 9.90 Å². The van der Waals surface area contributed by atoms with E-state index in [0.29, 0.717) is 5.57 Å². The summed E-state index contributed by atoms with van der Waals surface area (Å²) in [4.78, 5) is 14.8. The zero-order valence-electron chi connectivity index (χ0n) is 8.53. The fraction of sp³-hybridized carbons (Fsp3) is 0.273. The van der Waals surface area contributed by atoms with Gasteiger partial charge in [-0.3, -0.25) is 4.98 Å². The van der Waals surface area contributed by atoms with Crippen molar-refractivity contribution in [3.8, 4) is 0 Å². The van der Waals surface area contributed by atoms with Crippen molar-refractivity contribution in [1.29, 1.82) is 0 Å². The van der Waals surface area contributed by atoms with Crippen LogP contribution in [0, 0.1) is 13.8 Å². The molecule has 0 saturated carbocycles. The molecule has 3 nitrogen and oxygen atoms in total. The van der Waals surface area contributed by atoms with Gasteiger partial charge in [-0.25, -0.2) is 4.79 Å². The maximum Gasteiger partial charge on any atom is 0.331 e. The van der Waals surface area contributed by atoms with E-state index in [1.54, 1.807) is 13.0 Å². The molecule has 1 aromatic heterocycles. The second kappa shape index (κ2) is 4.05. The first-order chi connectivity index (χ1) is 6.49. The number of aryl methyl sites for hydroxylation is 2. The molecule has 1 aromatic rings. The number of hydrogen-bond donors (Lipinski definition) is 1. The fourth-order valence-electron chi connectivity index (χ4n) is 1.26. The van der Waals surface area contributed by atoms with Gasteiger partial charge in [-0.05, 0) is 44.5 Å². The van der Waals surface area contributed by atoms with Gasteiger partial charge in [-0.2, -0.15) is 0 Å². The minimum atomic E-state index is -0.892. The number of carboxylic acids is 1. The molecule has 74 valence electrons. The largest absolute Gasteiger partial charge is 0.478 e. The van der Waals surface area contributed by atoms with Gasteiger partial charge in [0.2, 0.25) is 0 Å². The van der Waals surface area contributed by atoms with Crippen LogP contribution >= 0.6 is 0 Å². The molecule has 14 heavy (non-hydrogen) atoms. The maximum atomic E-state index is 10.6. The van der Waals surface area contributed by atoms with E-state index in [2.05, 4.69) is 4.98 Å². The molecule has 0 atom stereocenters. The van der Waals surface area contributed by atoms with E-state index in [9.17, 15) is 4.79 Å². The number of aromatic nitrogens is 1. The zero-order chi connectivity index (χ0) is 10.7. The van der Waals surface area contributed by atoms with Gasteiger partial charge in [-0.15, -0.1) is 0 Å². The topological polar surface area (TPSA) is 50.2 Å². The van der Waals surface area contributed by atoms with Gasteiger partial charge in [0, 0.05) is 17.0 Å². The van der Waals surface area contributed by atoms with Gasteiger partial charge >= 0.3 is 5.97 Å². The Hall–Kier alpha value is -1.64. The number of nitrogens with zero attached hydrogens (tertiary/aromatic N) is 1. The van der Waals surface area contributed by atoms with Crippen molar-refractivity contribution in [2.45, 2.75) is 20.8 Å². The molecule has 0 amide bonds. The third kappa shape index (κ3) is 2.69. The predicted molar refractivity (Wildman–Crippen MR) is 55.0 cm³/mol. The standard InChI is InChI=1S/C11H13NO2/c1-7(11(13)14)4-10-5-8(2)12-9(3)6-10/h4-6H,1-3H3,(H,13,14)/b7-4+. The summed E-state index contributed by atoms with van der Waals surface area (Å²) in [6, 6.07) is 3.72. The third-order valence-corrected chi connectivity index (χ3v) is 1.82. The summed E-state index contributed by atoms with van der Waals surface area (Å²) < 4.78 is 0. The Morgan fingerprint density at radius 2 is 1.86 bits per heavy atom. The molecule has 0 fully saturated rings. The molecule has 0 radical (unpaired) electrons. The van der Waals surface area contributed by atoms with Gasteiger partial charge in [0.15, 0.2) is 0 Å². The summed E-state index contributed by atoms with van der Waals surface area (Å²) in [5.74, 6) is -0.892. The molecule has 3 heteroatoms. The molecule has 1 N–H and O–H groups in total. The molecule has 0 aliphatic heterocycles. The Labute approximate surface area is 83.1 Å². The average molecular weight is 191 g/mol. The van der Waals surface area contributed by atoms with Crippen LogP contribution in [-0.2, 0) is 4.79 Å². The summed E-state index contributed by atoms with van der Waals surface area (Å²) in [5.41, 5.74) is 3.01. The number of carboxylic acid groups (broad SMARTS) is 1. The van der Waals surface area contributed by atoms with Crippen LogP contribution in [0.4, 0.5) is 0 Å². The summed E-state index contributed by atoms with van der Waals surface area (Å²) in [7, 11) is 0. The van der Waals surface area contributed by atoms with E-state index in [0.717, 1.165) is 17.0 Å². The number of pyridine rings is 1. The third-order valence-electron chi connectivity index (χ3n) is 1.82. The molecule has 0 bridgehead atoms. The molecule has 0 aliphatic carbocycles. The first kappa shape index (κ1) is 10.4. The Bertz CT molecular complexity index is 374. The average Bonchev–Trinajstić information content (AvgIpc) is 2.01. The molecule has 1 heterocycles. The molecule has 0 spiro atoms. The van der Waals surface area contributed by atoms with Crippen LogP contribution in [0.15, 0.2) is 17.7 Å². The van der Waals surface area contributed by atoms with Crippen molar-refractivity contribution in [3.63, 3.8) is 0 Å². The van der Waals surface area contributed by atoms with Crippen LogP contribution in [-0.4, -0.2) is 16.1 Å². The van der Waals surface area contributed by atoms with Crippen LogP contribution in [0.25, 0.3) is 6.08 Å². The Balaban J connectivity index is 3.08. The van der Waals surface area contributed by atoms with E-state index in [-0.39, 0.29) is 0 Å². The quantitative estimate of drug-likeness (QED) is 0.729. The van der Waals surface area contributed by atoms with E-state index in [4.69, 9.17) is 5.11 Å². The SMILES string of the molecule is C/C(=C\c1cc(C)nc(C)c1)C(=O)O. The van der Waals surface area contributed by atoms with Crippen LogP contribution in [0.2, 0.25) is 0 Å². The maximum absolute atomic E-state index is 10.6. The first-order valence-corrected chi connectivity index (χ1v) is 4.36. The van der Waals surface area contributed by atoms with E-state index < -0.39 is 5.97 Å². The van der Waals surface area contributed by atoms with Crippen LogP contribution in [0.3, 0.4) is 0 Å².